The van der Waals surface area contributed by atoms with Gasteiger partial charge in [0, 0.05) is 5.56 Å². The van der Waals surface area contributed by atoms with E-state index in [1.165, 1.54) is 0 Å². The van der Waals surface area contributed by atoms with Gasteiger partial charge in [-0.3, -0.25) is 4.79 Å². The number of hydrogen-bond donors (Lipinski definition) is 1. The minimum atomic E-state index is -2.74. The van der Waals surface area contributed by atoms with E-state index >= 15 is 0 Å². The number of carbonyl (C=O) groups excluding carboxylic acids is 1. The zero-order chi connectivity index (χ0) is 10.7. The second-order valence-corrected chi connectivity index (χ2v) is 2.82. The van der Waals surface area contributed by atoms with Crippen molar-refractivity contribution in [3.8, 4) is 0 Å². The lowest BCUT2D eigenvalue weighted by molar-refractivity contribution is 0.111. The highest BCUT2D eigenvalue weighted by Crippen LogP contribution is 2.27. The van der Waals surface area contributed by atoms with Crippen LogP contribution in [-0.4, -0.2) is 11.3 Å². The number of aldehydes is 1. The van der Waals surface area contributed by atoms with Gasteiger partial charge in [-0.2, -0.15) is 0 Å². The third-order valence-corrected chi connectivity index (χ3v) is 1.93. The topological polar surface area (TPSA) is 56.0 Å². The average molecular weight is 221 g/mol. The summed E-state index contributed by atoms with van der Waals surface area (Å²) in [5.41, 5.74) is 4.62. The summed E-state index contributed by atoms with van der Waals surface area (Å²) < 4.78 is 24.8. The maximum absolute atomic E-state index is 12.4. The Kier molecular flexibility index (Phi) is 3.35. The number of aromatic nitrogens is 1. The van der Waals surface area contributed by atoms with Crippen LogP contribution in [0, 0.1) is 0 Å². The summed E-state index contributed by atoms with van der Waals surface area (Å²) in [5.74, 6) is -0.0408. The summed E-state index contributed by atoms with van der Waals surface area (Å²) in [6.07, 6.45) is -2.41. The van der Waals surface area contributed by atoms with Crippen LogP contribution >= 0.6 is 11.6 Å². The first-order valence-corrected chi connectivity index (χ1v) is 4.22. The van der Waals surface area contributed by atoms with Crippen molar-refractivity contribution < 1.29 is 13.6 Å². The summed E-state index contributed by atoms with van der Waals surface area (Å²) in [4.78, 5) is 14.1. The number of hydrogen-bond acceptors (Lipinski definition) is 3. The second kappa shape index (κ2) is 4.32. The van der Waals surface area contributed by atoms with Crippen LogP contribution in [0.4, 0.5) is 14.5 Å². The van der Waals surface area contributed by atoms with E-state index in [0.717, 1.165) is 6.07 Å². The van der Waals surface area contributed by atoms with Gasteiger partial charge in [0.25, 0.3) is 6.43 Å². The van der Waals surface area contributed by atoms with Gasteiger partial charge in [-0.25, -0.2) is 13.8 Å². The maximum Gasteiger partial charge on any atom is 0.265 e. The fraction of sp³-hybridized carbons (Fsp3) is 0.250. The number of halogens is 3. The lowest BCUT2D eigenvalue weighted by atomic mass is 10.1. The van der Waals surface area contributed by atoms with E-state index in [0.29, 0.717) is 6.29 Å². The molecule has 3 nitrogen and oxygen atoms in total. The van der Waals surface area contributed by atoms with Gasteiger partial charge in [0.2, 0.25) is 0 Å². The van der Waals surface area contributed by atoms with E-state index < -0.39 is 12.0 Å². The van der Waals surface area contributed by atoms with Gasteiger partial charge in [-0.05, 0) is 6.07 Å². The molecular formula is C8H7ClF2N2O. The number of nitrogen functional groups attached to an aromatic ring is 1. The molecule has 2 N–H and O–H groups in total. The molecule has 14 heavy (non-hydrogen) atoms. The predicted octanol–water partition coefficient (Wildman–Crippen LogP) is 2.15. The van der Waals surface area contributed by atoms with Crippen LogP contribution < -0.4 is 5.73 Å². The Morgan fingerprint density at radius 1 is 1.64 bits per heavy atom. The molecule has 1 aromatic heterocycles. The Bertz CT molecular complexity index is 357. The molecule has 0 fully saturated rings. The minimum Gasteiger partial charge on any atom is -0.396 e. The molecule has 0 saturated heterocycles. The molecule has 1 heterocycles. The molecule has 6 heteroatoms. The van der Waals surface area contributed by atoms with Crippen molar-refractivity contribution >= 4 is 23.6 Å². The van der Waals surface area contributed by atoms with Crippen molar-refractivity contribution in [3.63, 3.8) is 0 Å². The SMILES string of the molecule is Nc1c(C(F)F)cc(CCl)nc1C=O. The molecule has 0 bridgehead atoms. The van der Waals surface area contributed by atoms with Gasteiger partial charge in [-0.15, -0.1) is 11.6 Å². The molecular weight excluding hydrogens is 214 g/mol. The van der Waals surface area contributed by atoms with Gasteiger partial charge in [0.15, 0.2) is 6.29 Å². The molecule has 1 aromatic rings. The van der Waals surface area contributed by atoms with Gasteiger partial charge in [0.05, 0.1) is 17.3 Å². The molecule has 0 atom stereocenters. The first kappa shape index (κ1) is 10.8. The molecule has 76 valence electrons. The number of rotatable bonds is 3. The van der Waals surface area contributed by atoms with Crippen molar-refractivity contribution in [2.75, 3.05) is 5.73 Å². The molecule has 0 aliphatic heterocycles. The average Bonchev–Trinajstić information content (AvgIpc) is 2.17. The van der Waals surface area contributed by atoms with Crippen molar-refractivity contribution in [2.45, 2.75) is 12.3 Å². The van der Waals surface area contributed by atoms with Crippen molar-refractivity contribution in [2.24, 2.45) is 0 Å². The third kappa shape index (κ3) is 1.98. The fourth-order valence-electron chi connectivity index (χ4n) is 0.991. The second-order valence-electron chi connectivity index (χ2n) is 2.55. The number of nitrogens with zero attached hydrogens (tertiary/aromatic N) is 1. The summed E-state index contributed by atoms with van der Waals surface area (Å²) >= 11 is 5.42. The Morgan fingerprint density at radius 2 is 2.29 bits per heavy atom. The summed E-state index contributed by atoms with van der Waals surface area (Å²) in [5, 5.41) is 0. The predicted molar refractivity (Wildman–Crippen MR) is 48.6 cm³/mol. The first-order valence-electron chi connectivity index (χ1n) is 3.68. The monoisotopic (exact) mass is 220 g/mol. The van der Waals surface area contributed by atoms with E-state index in [9.17, 15) is 13.6 Å². The molecule has 0 aliphatic rings. The van der Waals surface area contributed by atoms with Crippen LogP contribution in [0.1, 0.15) is 28.2 Å². The van der Waals surface area contributed by atoms with E-state index in [1.807, 2.05) is 0 Å². The Morgan fingerprint density at radius 3 is 2.71 bits per heavy atom. The number of alkyl halides is 3. The maximum atomic E-state index is 12.4. The van der Waals surface area contributed by atoms with Crippen LogP contribution in [0.15, 0.2) is 6.07 Å². The molecule has 0 aromatic carbocycles. The molecule has 0 spiro atoms. The Hall–Kier alpha value is -1.23. The molecule has 0 amide bonds. The number of carbonyl (C=O) groups is 1. The summed E-state index contributed by atoms with van der Waals surface area (Å²) in [6.45, 7) is 0. The molecule has 0 radical (unpaired) electrons. The Balaban J connectivity index is 3.34. The summed E-state index contributed by atoms with van der Waals surface area (Å²) in [7, 11) is 0. The highest BCUT2D eigenvalue weighted by atomic mass is 35.5. The smallest absolute Gasteiger partial charge is 0.265 e. The van der Waals surface area contributed by atoms with E-state index in [2.05, 4.69) is 4.98 Å². The van der Waals surface area contributed by atoms with Crippen molar-refractivity contribution in [1.29, 1.82) is 0 Å². The van der Waals surface area contributed by atoms with Gasteiger partial charge in [-0.1, -0.05) is 0 Å². The van der Waals surface area contributed by atoms with Gasteiger partial charge in [0.1, 0.15) is 5.69 Å². The zero-order valence-corrected chi connectivity index (χ0v) is 7.76. The lowest BCUT2D eigenvalue weighted by Gasteiger charge is -2.07. The van der Waals surface area contributed by atoms with Gasteiger partial charge >= 0.3 is 0 Å². The highest BCUT2D eigenvalue weighted by molar-refractivity contribution is 6.16. The van der Waals surface area contributed by atoms with Crippen LogP contribution in [0.5, 0.6) is 0 Å². The number of pyridine rings is 1. The van der Waals surface area contributed by atoms with E-state index in [1.54, 1.807) is 0 Å². The number of anilines is 1. The first-order chi connectivity index (χ1) is 6.60. The van der Waals surface area contributed by atoms with Crippen molar-refractivity contribution in [3.05, 3.63) is 23.0 Å². The molecule has 0 unspecified atom stereocenters. The molecule has 1 rings (SSSR count). The van der Waals surface area contributed by atoms with Crippen LogP contribution in [0.25, 0.3) is 0 Å². The minimum absolute atomic E-state index is 0.0408. The lowest BCUT2D eigenvalue weighted by Crippen LogP contribution is -2.05. The molecule has 0 aliphatic carbocycles. The van der Waals surface area contributed by atoms with Crippen LogP contribution in [-0.2, 0) is 5.88 Å². The van der Waals surface area contributed by atoms with E-state index in [-0.39, 0.29) is 23.0 Å². The highest BCUT2D eigenvalue weighted by Gasteiger charge is 2.16. The standard InChI is InChI=1S/C8H7ClF2N2O/c9-2-4-1-5(8(10)11)7(12)6(3-14)13-4/h1,3,8H,2,12H2. The Labute approximate surface area is 83.9 Å². The largest absolute Gasteiger partial charge is 0.396 e. The van der Waals surface area contributed by atoms with E-state index in [4.69, 9.17) is 17.3 Å². The van der Waals surface area contributed by atoms with Crippen molar-refractivity contribution in [1.82, 2.24) is 4.98 Å². The quantitative estimate of drug-likeness (QED) is 0.627. The zero-order valence-electron chi connectivity index (χ0n) is 7.01. The molecule has 0 saturated carbocycles. The van der Waals surface area contributed by atoms with Crippen LogP contribution in [0.2, 0.25) is 0 Å². The summed E-state index contributed by atoms with van der Waals surface area (Å²) in [6, 6.07) is 1.10. The van der Waals surface area contributed by atoms with Gasteiger partial charge < -0.3 is 5.73 Å². The number of nitrogens with two attached hydrogens (primary N) is 1. The normalized spacial score (nSPS) is 10.6. The fourth-order valence-corrected chi connectivity index (χ4v) is 1.13. The third-order valence-electron chi connectivity index (χ3n) is 1.66. The van der Waals surface area contributed by atoms with Crippen LogP contribution in [0.3, 0.4) is 0 Å².